The maximum Gasteiger partial charge on any atom is 0.335 e. The zero-order valence-electron chi connectivity index (χ0n) is 30.2. The average molecular weight is 700 g/mol. The van der Waals surface area contributed by atoms with Gasteiger partial charge in [0.15, 0.2) is 0 Å². The fourth-order valence-electron chi connectivity index (χ4n) is 6.59. The first-order chi connectivity index (χ1) is 24.9. The fourth-order valence-corrected chi connectivity index (χ4v) is 7.73. The number of hydrogen-bond acceptors (Lipinski definition) is 5. The van der Waals surface area contributed by atoms with E-state index < -0.39 is 5.97 Å². The molecule has 1 heterocycles. The summed E-state index contributed by atoms with van der Waals surface area (Å²) >= 11 is 1.77. The number of rotatable bonds is 16. The highest BCUT2D eigenvalue weighted by Crippen LogP contribution is 2.53. The number of fused-ring (bicyclic) bond motifs is 2. The molecular weight excluding hydrogens is 651 g/mol. The molecule has 5 aromatic carbocycles. The summed E-state index contributed by atoms with van der Waals surface area (Å²) in [7, 11) is 0. The van der Waals surface area contributed by atoms with E-state index in [0.717, 1.165) is 86.3 Å². The van der Waals surface area contributed by atoms with E-state index in [4.69, 9.17) is 9.47 Å². The van der Waals surface area contributed by atoms with Gasteiger partial charge in [0.25, 0.3) is 0 Å². The van der Waals surface area contributed by atoms with Crippen LogP contribution in [0, 0.1) is 0 Å². The van der Waals surface area contributed by atoms with Gasteiger partial charge >= 0.3 is 5.97 Å². The average Bonchev–Trinajstić information content (AvgIpc) is 3.17. The molecule has 264 valence electrons. The van der Waals surface area contributed by atoms with Gasteiger partial charge in [0, 0.05) is 15.5 Å². The standard InChI is InChI=1S/C45H49NO4S/c1-5-9-11-37(7-3)49-39-23-15-31(16-24-39)34-19-27-41-43(29-34)51-44-30-35(32-17-25-40(26-18-32)50-38(8-4)12-10-6-2)20-28-42(44)46(41)36-21-13-33(14-22-36)45(47)48/h13-30,37-38H,5-12H2,1-4H3,(H,47,48). The number of unbranched alkanes of at least 4 members (excludes halogenated alkanes) is 2. The second-order valence-corrected chi connectivity index (χ2v) is 14.4. The van der Waals surface area contributed by atoms with Crippen LogP contribution in [0.2, 0.25) is 0 Å². The lowest BCUT2D eigenvalue weighted by atomic mass is 10.0. The summed E-state index contributed by atoms with van der Waals surface area (Å²) in [6.07, 6.45) is 9.34. The van der Waals surface area contributed by atoms with Gasteiger partial charge in [-0.2, -0.15) is 0 Å². The number of aromatic carboxylic acids is 1. The number of carboxylic acid groups (broad SMARTS) is 1. The molecule has 0 saturated carbocycles. The fraction of sp³-hybridized carbons (Fsp3) is 0.311. The molecular formula is C45H49NO4S. The van der Waals surface area contributed by atoms with E-state index in [1.54, 1.807) is 23.9 Å². The maximum absolute atomic E-state index is 11.7. The van der Waals surface area contributed by atoms with Crippen LogP contribution in [0.5, 0.6) is 11.5 Å². The molecule has 1 aliphatic rings. The van der Waals surface area contributed by atoms with Crippen LogP contribution in [0.25, 0.3) is 22.3 Å². The molecule has 6 rings (SSSR count). The molecule has 0 aliphatic carbocycles. The van der Waals surface area contributed by atoms with Crippen molar-refractivity contribution in [1.29, 1.82) is 0 Å². The van der Waals surface area contributed by atoms with E-state index in [1.807, 2.05) is 12.1 Å². The molecule has 6 heteroatoms. The van der Waals surface area contributed by atoms with E-state index in [9.17, 15) is 9.90 Å². The Kier molecular flexibility index (Phi) is 12.1. The van der Waals surface area contributed by atoms with Gasteiger partial charge in [0.2, 0.25) is 0 Å². The van der Waals surface area contributed by atoms with Crippen LogP contribution in [0.1, 0.15) is 89.4 Å². The second-order valence-electron chi connectivity index (χ2n) is 13.3. The normalized spacial score (nSPS) is 13.2. The Bertz CT molecular complexity index is 1790. The van der Waals surface area contributed by atoms with Gasteiger partial charge in [-0.15, -0.1) is 0 Å². The predicted octanol–water partition coefficient (Wildman–Crippen LogP) is 13.3. The van der Waals surface area contributed by atoms with Crippen LogP contribution in [0.4, 0.5) is 17.1 Å². The van der Waals surface area contributed by atoms with Crippen LogP contribution in [-0.4, -0.2) is 23.3 Å². The van der Waals surface area contributed by atoms with Gasteiger partial charge in [-0.25, -0.2) is 4.79 Å². The first-order valence-corrected chi connectivity index (χ1v) is 19.4. The summed E-state index contributed by atoms with van der Waals surface area (Å²) in [4.78, 5) is 16.2. The third-order valence-electron chi connectivity index (χ3n) is 9.64. The maximum atomic E-state index is 11.7. The molecule has 1 aliphatic heterocycles. The van der Waals surface area contributed by atoms with E-state index >= 15 is 0 Å². The Balaban J connectivity index is 1.31. The van der Waals surface area contributed by atoms with Crippen molar-refractivity contribution in [3.8, 4) is 33.8 Å². The van der Waals surface area contributed by atoms with E-state index in [2.05, 4.69) is 118 Å². The molecule has 0 aromatic heterocycles. The van der Waals surface area contributed by atoms with Gasteiger partial charge in [-0.3, -0.25) is 0 Å². The van der Waals surface area contributed by atoms with E-state index in [1.165, 1.54) is 25.7 Å². The summed E-state index contributed by atoms with van der Waals surface area (Å²) < 4.78 is 12.6. The summed E-state index contributed by atoms with van der Waals surface area (Å²) in [6, 6.07) is 37.2. The molecule has 51 heavy (non-hydrogen) atoms. The van der Waals surface area contributed by atoms with E-state index in [0.29, 0.717) is 0 Å². The van der Waals surface area contributed by atoms with Gasteiger partial charge < -0.3 is 19.5 Å². The lowest BCUT2D eigenvalue weighted by molar-refractivity contribution is 0.0697. The Labute approximate surface area is 307 Å². The Hall–Kier alpha value is -4.68. The number of carbonyl (C=O) groups is 1. The smallest absolute Gasteiger partial charge is 0.335 e. The van der Waals surface area contributed by atoms with Crippen molar-refractivity contribution in [3.05, 3.63) is 115 Å². The highest BCUT2D eigenvalue weighted by atomic mass is 32.2. The third kappa shape index (κ3) is 8.62. The highest BCUT2D eigenvalue weighted by Gasteiger charge is 2.26. The topological polar surface area (TPSA) is 59.0 Å². The molecule has 0 saturated heterocycles. The number of anilines is 3. The predicted molar refractivity (Wildman–Crippen MR) is 212 cm³/mol. The third-order valence-corrected chi connectivity index (χ3v) is 10.7. The van der Waals surface area contributed by atoms with E-state index in [-0.39, 0.29) is 17.8 Å². The molecule has 0 amide bonds. The summed E-state index contributed by atoms with van der Waals surface area (Å²) in [5.74, 6) is 0.886. The first kappa shape index (κ1) is 36.1. The largest absolute Gasteiger partial charge is 0.490 e. The van der Waals surface area contributed by atoms with Gasteiger partial charge in [0.05, 0.1) is 29.1 Å². The molecule has 2 unspecified atom stereocenters. The number of ether oxygens (including phenoxy) is 2. The quantitative estimate of drug-likeness (QED) is 0.108. The molecule has 0 bridgehead atoms. The molecule has 5 aromatic rings. The lowest BCUT2D eigenvalue weighted by Crippen LogP contribution is -2.15. The minimum Gasteiger partial charge on any atom is -0.490 e. The summed E-state index contributed by atoms with van der Waals surface area (Å²) in [5.41, 5.74) is 7.82. The monoisotopic (exact) mass is 699 g/mol. The van der Waals surface area contributed by atoms with Crippen LogP contribution in [0.3, 0.4) is 0 Å². The molecule has 0 fully saturated rings. The number of hydrogen-bond donors (Lipinski definition) is 1. The van der Waals surface area contributed by atoms with Crippen molar-refractivity contribution in [2.45, 2.75) is 101 Å². The van der Waals surface area contributed by atoms with Crippen molar-refractivity contribution in [3.63, 3.8) is 0 Å². The van der Waals surface area contributed by atoms with Crippen molar-refractivity contribution < 1.29 is 19.4 Å². The van der Waals surface area contributed by atoms with Gasteiger partial charge in [0.1, 0.15) is 11.5 Å². The molecule has 0 radical (unpaired) electrons. The van der Waals surface area contributed by atoms with Crippen molar-refractivity contribution in [2.75, 3.05) is 4.90 Å². The summed E-state index contributed by atoms with van der Waals surface area (Å²) in [5, 5.41) is 9.56. The first-order valence-electron chi connectivity index (χ1n) is 18.5. The SMILES string of the molecule is CCCCC(CC)Oc1ccc(-c2ccc3c(c2)Sc2cc(-c4ccc(OC(CC)CCCC)cc4)ccc2N3c2ccc(C(=O)O)cc2)cc1. The molecule has 2 atom stereocenters. The molecule has 0 spiro atoms. The van der Waals surface area contributed by atoms with Crippen LogP contribution in [0.15, 0.2) is 119 Å². The minimum atomic E-state index is -0.934. The Morgan fingerprint density at radius 1 is 0.608 bits per heavy atom. The van der Waals surface area contributed by atoms with Crippen molar-refractivity contribution in [2.24, 2.45) is 0 Å². The zero-order chi connectivity index (χ0) is 35.7. The zero-order valence-corrected chi connectivity index (χ0v) is 31.0. The second kappa shape index (κ2) is 17.0. The van der Waals surface area contributed by atoms with Gasteiger partial charge in [-0.1, -0.05) is 102 Å². The van der Waals surface area contributed by atoms with Gasteiger partial charge in [-0.05, 0) is 121 Å². The molecule has 1 N–H and O–H groups in total. The lowest BCUT2D eigenvalue weighted by Gasteiger charge is -2.33. The molecule has 5 nitrogen and oxygen atoms in total. The number of benzene rings is 5. The Morgan fingerprint density at radius 3 is 1.43 bits per heavy atom. The van der Waals surface area contributed by atoms with Crippen LogP contribution < -0.4 is 14.4 Å². The van der Waals surface area contributed by atoms with Crippen molar-refractivity contribution in [1.82, 2.24) is 0 Å². The number of carboxylic acids is 1. The van der Waals surface area contributed by atoms with Crippen LogP contribution >= 0.6 is 11.8 Å². The highest BCUT2D eigenvalue weighted by molar-refractivity contribution is 7.99. The van der Waals surface area contributed by atoms with Crippen molar-refractivity contribution >= 4 is 34.8 Å². The Morgan fingerprint density at radius 2 is 1.04 bits per heavy atom. The summed E-state index contributed by atoms with van der Waals surface area (Å²) in [6.45, 7) is 8.81. The minimum absolute atomic E-state index is 0.242. The number of nitrogens with zero attached hydrogens (tertiary/aromatic N) is 1. The van der Waals surface area contributed by atoms with Crippen LogP contribution in [-0.2, 0) is 0 Å².